The fourth-order valence-electron chi connectivity index (χ4n) is 4.60. The van der Waals surface area contributed by atoms with Crippen LogP contribution < -0.4 is 4.74 Å². The van der Waals surface area contributed by atoms with E-state index in [4.69, 9.17) is 21.1 Å². The summed E-state index contributed by atoms with van der Waals surface area (Å²) in [5.74, 6) is 0.504. The highest BCUT2D eigenvalue weighted by Gasteiger charge is 2.41. The lowest BCUT2D eigenvalue weighted by Gasteiger charge is -2.43. The van der Waals surface area contributed by atoms with Gasteiger partial charge in [-0.15, -0.1) is 0 Å². The van der Waals surface area contributed by atoms with Gasteiger partial charge in [0.15, 0.2) is 0 Å². The van der Waals surface area contributed by atoms with Gasteiger partial charge in [0.2, 0.25) is 0 Å². The summed E-state index contributed by atoms with van der Waals surface area (Å²) in [5.41, 5.74) is -1.70. The van der Waals surface area contributed by atoms with Crippen LogP contribution in [0, 0.1) is 17.2 Å². The predicted molar refractivity (Wildman–Crippen MR) is 115 cm³/mol. The average molecular weight is 444 g/mol. The Morgan fingerprint density at radius 2 is 1.93 bits per heavy atom. The smallest absolute Gasteiger partial charge is 0.142 e. The van der Waals surface area contributed by atoms with E-state index in [1.54, 1.807) is 0 Å². The molecule has 0 unspecified atom stereocenters. The van der Waals surface area contributed by atoms with Crippen molar-refractivity contribution in [2.24, 2.45) is 11.3 Å². The van der Waals surface area contributed by atoms with Crippen LogP contribution >= 0.6 is 11.6 Å². The molecule has 0 bridgehead atoms. The van der Waals surface area contributed by atoms with Crippen LogP contribution in [0.2, 0.25) is 5.02 Å². The minimum atomic E-state index is -1.23. The van der Waals surface area contributed by atoms with Crippen molar-refractivity contribution in [3.8, 4) is 5.75 Å². The van der Waals surface area contributed by atoms with E-state index in [2.05, 4.69) is 25.7 Å². The summed E-state index contributed by atoms with van der Waals surface area (Å²) in [4.78, 5) is 2.07. The minimum Gasteiger partial charge on any atom is -0.490 e. The molecule has 1 aliphatic carbocycles. The summed E-state index contributed by atoms with van der Waals surface area (Å²) in [6.07, 6.45) is 3.58. The third-order valence-electron chi connectivity index (χ3n) is 6.50. The van der Waals surface area contributed by atoms with Crippen LogP contribution in [0.3, 0.4) is 0 Å². The topological polar surface area (TPSA) is 62.2 Å². The average Bonchev–Trinajstić information content (AvgIpc) is 2.83. The molecular weight excluding hydrogens is 409 g/mol. The van der Waals surface area contributed by atoms with Gasteiger partial charge < -0.3 is 19.7 Å². The molecule has 30 heavy (non-hydrogen) atoms. The van der Waals surface area contributed by atoms with E-state index in [0.717, 1.165) is 25.7 Å². The van der Waals surface area contributed by atoms with E-state index < -0.39 is 17.0 Å². The lowest BCUT2D eigenvalue weighted by atomic mass is 9.68. The van der Waals surface area contributed by atoms with E-state index >= 15 is 0 Å². The zero-order valence-electron chi connectivity index (χ0n) is 18.3. The number of aliphatic hydroxyl groups is 2. The first-order valence-corrected chi connectivity index (χ1v) is 11.2. The van der Waals surface area contributed by atoms with Gasteiger partial charge in [0, 0.05) is 25.7 Å². The molecule has 1 aromatic carbocycles. The van der Waals surface area contributed by atoms with Crippen molar-refractivity contribution in [1.29, 1.82) is 0 Å². The summed E-state index contributed by atoms with van der Waals surface area (Å²) in [6.45, 7) is 8.93. The maximum absolute atomic E-state index is 13.3. The number of hydrogen-bond acceptors (Lipinski definition) is 5. The number of benzene rings is 1. The molecule has 2 aliphatic rings. The molecule has 5 nitrogen and oxygen atoms in total. The van der Waals surface area contributed by atoms with E-state index in [1.165, 1.54) is 18.2 Å². The third kappa shape index (κ3) is 6.30. The van der Waals surface area contributed by atoms with Crippen molar-refractivity contribution in [1.82, 2.24) is 4.90 Å². The van der Waals surface area contributed by atoms with Gasteiger partial charge in [0.05, 0.1) is 23.8 Å². The Kier molecular flexibility index (Phi) is 7.35. The summed E-state index contributed by atoms with van der Waals surface area (Å²) in [6, 6.07) is 4.11. The summed E-state index contributed by atoms with van der Waals surface area (Å²) in [5, 5.41) is 22.3. The quantitative estimate of drug-likeness (QED) is 0.722. The number of rotatable bonds is 5. The maximum Gasteiger partial charge on any atom is 0.142 e. The second kappa shape index (κ2) is 9.29. The zero-order valence-corrected chi connectivity index (χ0v) is 19.1. The van der Waals surface area contributed by atoms with Crippen LogP contribution in [-0.4, -0.2) is 65.8 Å². The maximum atomic E-state index is 13.3. The van der Waals surface area contributed by atoms with Crippen molar-refractivity contribution >= 4 is 11.6 Å². The Balaban J connectivity index is 1.58. The number of ether oxygens (including phenoxy) is 2. The summed E-state index contributed by atoms with van der Waals surface area (Å²) >= 11 is 5.80. The standard InChI is InChI=1S/C23H35ClFNO4/c1-21(2,3)17-6-8-22(27,9-7-17)13-26-10-11-29-15-23(28,14-26)16-30-18-4-5-20(25)19(24)12-18/h4-5,12,17,27-28H,6-11,13-16H2,1-3H3/t17?,22?,23-/m1/s1. The van der Waals surface area contributed by atoms with E-state index in [-0.39, 0.29) is 23.7 Å². The monoisotopic (exact) mass is 443 g/mol. The van der Waals surface area contributed by atoms with Crippen molar-refractivity contribution in [3.63, 3.8) is 0 Å². The zero-order chi connectivity index (χ0) is 22.0. The molecular formula is C23H35ClFNO4. The van der Waals surface area contributed by atoms with Gasteiger partial charge in [-0.2, -0.15) is 0 Å². The Hall–Kier alpha value is -0.920. The molecule has 0 radical (unpaired) electrons. The van der Waals surface area contributed by atoms with Crippen LogP contribution in [0.25, 0.3) is 0 Å². The molecule has 0 amide bonds. The van der Waals surface area contributed by atoms with Crippen LogP contribution in [0.4, 0.5) is 4.39 Å². The molecule has 0 aromatic heterocycles. The first-order valence-electron chi connectivity index (χ1n) is 10.8. The normalized spacial score (nSPS) is 31.4. The number of β-amino-alcohol motifs (C(OH)–C–C–N with tert-alkyl or cyclic N) is 2. The highest BCUT2D eigenvalue weighted by molar-refractivity contribution is 6.30. The van der Waals surface area contributed by atoms with Crippen molar-refractivity contribution in [2.45, 2.75) is 57.7 Å². The van der Waals surface area contributed by atoms with E-state index in [1.807, 2.05) is 0 Å². The van der Waals surface area contributed by atoms with E-state index in [0.29, 0.717) is 37.9 Å². The number of nitrogens with zero attached hydrogens (tertiary/aromatic N) is 1. The second-order valence-electron chi connectivity index (χ2n) is 10.2. The van der Waals surface area contributed by atoms with Gasteiger partial charge in [-0.3, -0.25) is 4.90 Å². The highest BCUT2D eigenvalue weighted by Crippen LogP contribution is 2.41. The number of halogens is 2. The van der Waals surface area contributed by atoms with Crippen LogP contribution in [-0.2, 0) is 4.74 Å². The third-order valence-corrected chi connectivity index (χ3v) is 6.79. The van der Waals surface area contributed by atoms with Gasteiger partial charge in [-0.1, -0.05) is 32.4 Å². The Morgan fingerprint density at radius 3 is 2.57 bits per heavy atom. The Labute approximate surface area is 184 Å². The molecule has 1 aliphatic heterocycles. The minimum absolute atomic E-state index is 0.00398. The van der Waals surface area contributed by atoms with E-state index in [9.17, 15) is 14.6 Å². The molecule has 170 valence electrons. The lowest BCUT2D eigenvalue weighted by molar-refractivity contribution is -0.0807. The SMILES string of the molecule is CC(C)(C)C1CCC(O)(CN2CCOC[C@@](O)(COc3ccc(F)c(Cl)c3)C2)CC1. The highest BCUT2D eigenvalue weighted by atomic mass is 35.5. The molecule has 1 saturated carbocycles. The van der Waals surface area contributed by atoms with Gasteiger partial charge in [-0.25, -0.2) is 4.39 Å². The Bertz CT molecular complexity index is 718. The predicted octanol–water partition coefficient (Wildman–Crippen LogP) is 3.89. The molecule has 1 saturated heterocycles. The lowest BCUT2D eigenvalue weighted by Crippen LogP contribution is -2.53. The van der Waals surface area contributed by atoms with Gasteiger partial charge in [-0.05, 0) is 49.1 Å². The Morgan fingerprint density at radius 1 is 1.23 bits per heavy atom. The largest absolute Gasteiger partial charge is 0.490 e. The summed E-state index contributed by atoms with van der Waals surface area (Å²) in [7, 11) is 0. The van der Waals surface area contributed by atoms with Crippen molar-refractivity contribution in [2.75, 3.05) is 39.5 Å². The van der Waals surface area contributed by atoms with Gasteiger partial charge >= 0.3 is 0 Å². The molecule has 1 heterocycles. The molecule has 7 heteroatoms. The molecule has 2 N–H and O–H groups in total. The summed E-state index contributed by atoms with van der Waals surface area (Å²) < 4.78 is 24.6. The molecule has 0 spiro atoms. The first kappa shape index (κ1) is 23.7. The van der Waals surface area contributed by atoms with Gasteiger partial charge in [0.1, 0.15) is 23.8 Å². The molecule has 3 rings (SSSR count). The van der Waals surface area contributed by atoms with Crippen LogP contribution in [0.1, 0.15) is 46.5 Å². The first-order chi connectivity index (χ1) is 14.0. The molecule has 1 aromatic rings. The van der Waals surface area contributed by atoms with Crippen LogP contribution in [0.5, 0.6) is 5.75 Å². The van der Waals surface area contributed by atoms with Crippen molar-refractivity contribution < 1.29 is 24.1 Å². The fourth-order valence-corrected chi connectivity index (χ4v) is 4.77. The van der Waals surface area contributed by atoms with Crippen LogP contribution in [0.15, 0.2) is 18.2 Å². The fraction of sp³-hybridized carbons (Fsp3) is 0.739. The van der Waals surface area contributed by atoms with Gasteiger partial charge in [0.25, 0.3) is 0 Å². The second-order valence-corrected chi connectivity index (χ2v) is 10.6. The molecule has 1 atom stereocenters. The molecule has 2 fully saturated rings. The van der Waals surface area contributed by atoms with Crippen molar-refractivity contribution in [3.05, 3.63) is 29.0 Å². The number of hydrogen-bond donors (Lipinski definition) is 2.